The van der Waals surface area contributed by atoms with Gasteiger partial charge in [-0.25, -0.2) is 4.98 Å². The van der Waals surface area contributed by atoms with E-state index in [0.717, 1.165) is 17.1 Å². The minimum atomic E-state index is 0.671. The van der Waals surface area contributed by atoms with Crippen molar-refractivity contribution in [2.75, 3.05) is 0 Å². The highest BCUT2D eigenvalue weighted by Gasteiger charge is 2.11. The number of aromatic nitrogens is 3. The van der Waals surface area contributed by atoms with Crippen LogP contribution < -0.4 is 0 Å². The Hall–Kier alpha value is -1.10. The fraction of sp³-hybridized carbons (Fsp3) is 0.250. The van der Waals surface area contributed by atoms with Crippen LogP contribution in [0.1, 0.15) is 11.6 Å². The highest BCUT2D eigenvalue weighted by atomic mass is 79.9. The molecule has 0 unspecified atom stereocenters. The third-order valence-corrected chi connectivity index (χ3v) is 2.12. The van der Waals surface area contributed by atoms with Gasteiger partial charge < -0.3 is 4.42 Å². The zero-order valence-corrected chi connectivity index (χ0v) is 8.84. The quantitative estimate of drug-likeness (QED) is 0.835. The average Bonchev–Trinajstić information content (AvgIpc) is 2.58. The number of halogens is 1. The largest absolute Gasteiger partial charge is 0.454 e. The summed E-state index contributed by atoms with van der Waals surface area (Å²) in [4.78, 5) is 4.21. The van der Waals surface area contributed by atoms with Gasteiger partial charge in [0.2, 0.25) is 0 Å². The van der Waals surface area contributed by atoms with E-state index in [-0.39, 0.29) is 0 Å². The van der Waals surface area contributed by atoms with Crippen LogP contribution >= 0.6 is 15.9 Å². The van der Waals surface area contributed by atoms with E-state index in [1.54, 1.807) is 0 Å². The van der Waals surface area contributed by atoms with E-state index in [4.69, 9.17) is 4.42 Å². The molecule has 2 aromatic heterocycles. The molecule has 4 nitrogen and oxygen atoms in total. The minimum Gasteiger partial charge on any atom is -0.454 e. The average molecular weight is 242 g/mol. The molecule has 5 heteroatoms. The lowest BCUT2D eigenvalue weighted by atomic mass is 10.2. The van der Waals surface area contributed by atoms with Gasteiger partial charge in [-0.05, 0) is 29.8 Å². The second kappa shape index (κ2) is 2.99. The van der Waals surface area contributed by atoms with Crippen molar-refractivity contribution in [2.24, 2.45) is 0 Å². The lowest BCUT2D eigenvalue weighted by Gasteiger charge is -1.87. The SMILES string of the molecule is Cc1nc(-c2cc(Br)oc2C)n[nH]1. The molecule has 13 heavy (non-hydrogen) atoms. The van der Waals surface area contributed by atoms with Gasteiger partial charge in [-0.1, -0.05) is 0 Å². The molecular formula is C8H8BrN3O. The van der Waals surface area contributed by atoms with E-state index in [1.807, 2.05) is 19.9 Å². The van der Waals surface area contributed by atoms with Crippen LogP contribution in [0.4, 0.5) is 0 Å². The summed E-state index contributed by atoms with van der Waals surface area (Å²) in [5, 5.41) is 6.83. The van der Waals surface area contributed by atoms with E-state index < -0.39 is 0 Å². The fourth-order valence-electron chi connectivity index (χ4n) is 1.13. The molecule has 0 aliphatic heterocycles. The predicted octanol–water partition coefficient (Wildman–Crippen LogP) is 2.44. The Morgan fingerprint density at radius 2 is 2.23 bits per heavy atom. The summed E-state index contributed by atoms with van der Waals surface area (Å²) in [6, 6.07) is 1.86. The topological polar surface area (TPSA) is 54.7 Å². The van der Waals surface area contributed by atoms with Gasteiger partial charge >= 0.3 is 0 Å². The summed E-state index contributed by atoms with van der Waals surface area (Å²) in [7, 11) is 0. The van der Waals surface area contributed by atoms with Crippen LogP contribution in [0.3, 0.4) is 0 Å². The van der Waals surface area contributed by atoms with Crippen molar-refractivity contribution in [3.05, 3.63) is 22.3 Å². The molecule has 0 spiro atoms. The van der Waals surface area contributed by atoms with Gasteiger partial charge in [-0.15, -0.1) is 0 Å². The van der Waals surface area contributed by atoms with Crippen molar-refractivity contribution in [2.45, 2.75) is 13.8 Å². The van der Waals surface area contributed by atoms with E-state index >= 15 is 0 Å². The molecule has 2 heterocycles. The van der Waals surface area contributed by atoms with Crippen LogP contribution in [0.5, 0.6) is 0 Å². The number of nitrogens with one attached hydrogen (secondary N) is 1. The van der Waals surface area contributed by atoms with Gasteiger partial charge in [0.05, 0.1) is 5.56 Å². The molecule has 0 aliphatic rings. The lowest BCUT2D eigenvalue weighted by Crippen LogP contribution is -1.79. The summed E-state index contributed by atoms with van der Waals surface area (Å²) >= 11 is 3.25. The molecule has 0 atom stereocenters. The Labute approximate surface area is 83.5 Å². The van der Waals surface area contributed by atoms with Gasteiger partial charge in [0, 0.05) is 6.07 Å². The third kappa shape index (κ3) is 1.51. The summed E-state index contributed by atoms with van der Waals surface area (Å²) in [6.07, 6.45) is 0. The number of aromatic amines is 1. The molecule has 0 saturated heterocycles. The first-order valence-electron chi connectivity index (χ1n) is 3.82. The Morgan fingerprint density at radius 1 is 1.46 bits per heavy atom. The van der Waals surface area contributed by atoms with Crippen molar-refractivity contribution in [1.82, 2.24) is 15.2 Å². The molecule has 0 saturated carbocycles. The molecule has 0 amide bonds. The minimum absolute atomic E-state index is 0.671. The molecule has 1 N–H and O–H groups in total. The van der Waals surface area contributed by atoms with E-state index in [0.29, 0.717) is 10.5 Å². The number of H-pyrrole nitrogens is 1. The molecule has 0 aliphatic carbocycles. The van der Waals surface area contributed by atoms with Crippen molar-refractivity contribution >= 4 is 15.9 Å². The van der Waals surface area contributed by atoms with E-state index in [2.05, 4.69) is 31.1 Å². The van der Waals surface area contributed by atoms with Crippen molar-refractivity contribution in [3.8, 4) is 11.4 Å². The second-order valence-electron chi connectivity index (χ2n) is 2.76. The molecular weight excluding hydrogens is 234 g/mol. The highest BCUT2D eigenvalue weighted by Crippen LogP contribution is 2.26. The summed E-state index contributed by atoms with van der Waals surface area (Å²) in [6.45, 7) is 3.74. The number of nitrogens with zero attached hydrogens (tertiary/aromatic N) is 2. The Morgan fingerprint density at radius 3 is 2.69 bits per heavy atom. The maximum Gasteiger partial charge on any atom is 0.184 e. The normalized spacial score (nSPS) is 10.7. The first-order chi connectivity index (χ1) is 6.16. The zero-order chi connectivity index (χ0) is 9.42. The maximum absolute atomic E-state index is 5.30. The fourth-order valence-corrected chi connectivity index (χ4v) is 1.60. The van der Waals surface area contributed by atoms with Crippen LogP contribution in [0, 0.1) is 13.8 Å². The number of hydrogen-bond donors (Lipinski definition) is 1. The predicted molar refractivity (Wildman–Crippen MR) is 51.3 cm³/mol. The molecule has 0 bridgehead atoms. The van der Waals surface area contributed by atoms with Gasteiger partial charge in [-0.2, -0.15) is 5.10 Å². The number of rotatable bonds is 1. The summed E-state index contributed by atoms with van der Waals surface area (Å²) in [5.74, 6) is 2.28. The van der Waals surface area contributed by atoms with E-state index in [9.17, 15) is 0 Å². The zero-order valence-electron chi connectivity index (χ0n) is 7.26. The van der Waals surface area contributed by atoms with Gasteiger partial charge in [0.25, 0.3) is 0 Å². The number of furan rings is 1. The molecule has 2 rings (SSSR count). The Kier molecular flexibility index (Phi) is 1.95. The monoisotopic (exact) mass is 241 g/mol. The first-order valence-corrected chi connectivity index (χ1v) is 4.61. The van der Waals surface area contributed by atoms with Crippen molar-refractivity contribution in [1.29, 1.82) is 0 Å². The standard InChI is InChI=1S/C8H8BrN3O/c1-4-6(3-7(9)13-4)8-10-5(2)11-12-8/h3H,1-2H3,(H,10,11,12). The molecule has 68 valence electrons. The third-order valence-electron chi connectivity index (χ3n) is 1.73. The summed E-state index contributed by atoms with van der Waals surface area (Å²) < 4.78 is 6.00. The summed E-state index contributed by atoms with van der Waals surface area (Å²) in [5.41, 5.74) is 0.913. The van der Waals surface area contributed by atoms with Crippen LogP contribution in [0.2, 0.25) is 0 Å². The van der Waals surface area contributed by atoms with Crippen LogP contribution in [-0.4, -0.2) is 15.2 Å². The molecule has 2 aromatic rings. The van der Waals surface area contributed by atoms with Crippen LogP contribution in [-0.2, 0) is 0 Å². The van der Waals surface area contributed by atoms with Crippen molar-refractivity contribution in [3.63, 3.8) is 0 Å². The molecule has 0 aromatic carbocycles. The van der Waals surface area contributed by atoms with Gasteiger partial charge in [-0.3, -0.25) is 5.10 Å². The van der Waals surface area contributed by atoms with E-state index in [1.165, 1.54) is 0 Å². The highest BCUT2D eigenvalue weighted by molar-refractivity contribution is 9.10. The Bertz CT molecular complexity index is 432. The molecule has 0 fully saturated rings. The van der Waals surface area contributed by atoms with Crippen molar-refractivity contribution < 1.29 is 4.42 Å². The Balaban J connectivity index is 2.51. The number of hydrogen-bond acceptors (Lipinski definition) is 3. The molecule has 0 radical (unpaired) electrons. The van der Waals surface area contributed by atoms with Gasteiger partial charge in [0.15, 0.2) is 10.5 Å². The number of aryl methyl sites for hydroxylation is 2. The smallest absolute Gasteiger partial charge is 0.184 e. The maximum atomic E-state index is 5.30. The lowest BCUT2D eigenvalue weighted by molar-refractivity contribution is 0.511. The van der Waals surface area contributed by atoms with Crippen LogP contribution in [0.25, 0.3) is 11.4 Å². The van der Waals surface area contributed by atoms with Gasteiger partial charge in [0.1, 0.15) is 11.6 Å². The van der Waals surface area contributed by atoms with Crippen LogP contribution in [0.15, 0.2) is 15.2 Å². The first kappa shape index (κ1) is 8.50. The second-order valence-corrected chi connectivity index (χ2v) is 3.55.